The van der Waals surface area contributed by atoms with Gasteiger partial charge in [-0.2, -0.15) is 0 Å². The maximum Gasteiger partial charge on any atom is 0.220 e. The molecule has 0 spiro atoms. The summed E-state index contributed by atoms with van der Waals surface area (Å²) in [6.45, 7) is 3.28. The van der Waals surface area contributed by atoms with Gasteiger partial charge in [-0.25, -0.2) is 9.97 Å². The second-order valence-electron chi connectivity index (χ2n) is 6.24. The van der Waals surface area contributed by atoms with Crippen LogP contribution in [0.4, 0.5) is 5.82 Å². The summed E-state index contributed by atoms with van der Waals surface area (Å²) in [5, 5.41) is 6.15. The number of pyridine rings is 1. The zero-order valence-corrected chi connectivity index (χ0v) is 14.8. The first kappa shape index (κ1) is 16.0. The van der Waals surface area contributed by atoms with Crippen molar-refractivity contribution in [1.82, 2.24) is 20.3 Å². The van der Waals surface area contributed by atoms with Gasteiger partial charge in [0.1, 0.15) is 16.5 Å². The third-order valence-electron chi connectivity index (χ3n) is 4.32. The Morgan fingerprint density at radius 3 is 3.00 bits per heavy atom. The van der Waals surface area contributed by atoms with Crippen molar-refractivity contribution in [2.75, 3.05) is 11.4 Å². The summed E-state index contributed by atoms with van der Waals surface area (Å²) in [5.74, 6) is 1.80. The first-order chi connectivity index (χ1) is 12.2. The van der Waals surface area contributed by atoms with Gasteiger partial charge in [-0.1, -0.05) is 6.07 Å². The van der Waals surface area contributed by atoms with Crippen LogP contribution in [0.1, 0.15) is 24.4 Å². The Morgan fingerprint density at radius 2 is 2.24 bits per heavy atom. The minimum Gasteiger partial charge on any atom is -0.352 e. The van der Waals surface area contributed by atoms with Gasteiger partial charge < -0.3 is 10.2 Å². The van der Waals surface area contributed by atoms with Crippen molar-refractivity contribution >= 4 is 33.3 Å². The van der Waals surface area contributed by atoms with Crippen LogP contribution in [0.2, 0.25) is 0 Å². The van der Waals surface area contributed by atoms with E-state index in [4.69, 9.17) is 4.98 Å². The molecule has 25 heavy (non-hydrogen) atoms. The number of nitrogens with zero attached hydrogens (tertiary/aromatic N) is 4. The lowest BCUT2D eigenvalue weighted by Gasteiger charge is -2.27. The highest BCUT2D eigenvalue weighted by Gasteiger charge is 2.25. The molecule has 0 aliphatic carbocycles. The highest BCUT2D eigenvalue weighted by Crippen LogP contribution is 2.29. The van der Waals surface area contributed by atoms with Crippen LogP contribution < -0.4 is 10.2 Å². The van der Waals surface area contributed by atoms with E-state index in [-0.39, 0.29) is 11.9 Å². The summed E-state index contributed by atoms with van der Waals surface area (Å²) >= 11 is 1.62. The van der Waals surface area contributed by atoms with Crippen molar-refractivity contribution < 1.29 is 4.79 Å². The van der Waals surface area contributed by atoms with Crippen molar-refractivity contribution in [3.63, 3.8) is 0 Å². The van der Waals surface area contributed by atoms with Crippen molar-refractivity contribution in [2.45, 2.75) is 32.4 Å². The van der Waals surface area contributed by atoms with Crippen molar-refractivity contribution in [3.8, 4) is 0 Å². The summed E-state index contributed by atoms with van der Waals surface area (Å²) in [6.07, 6.45) is 3.25. The number of thiophene rings is 1. The molecule has 0 aromatic carbocycles. The maximum absolute atomic E-state index is 11.6. The molecule has 7 heteroatoms. The van der Waals surface area contributed by atoms with Crippen LogP contribution in [-0.4, -0.2) is 33.4 Å². The lowest BCUT2D eigenvalue weighted by molar-refractivity contribution is -0.119. The van der Waals surface area contributed by atoms with Crippen LogP contribution in [-0.2, 0) is 11.3 Å². The van der Waals surface area contributed by atoms with Gasteiger partial charge in [0.2, 0.25) is 5.91 Å². The molecule has 128 valence electrons. The molecule has 1 amide bonds. The van der Waals surface area contributed by atoms with Gasteiger partial charge in [0, 0.05) is 25.2 Å². The molecule has 4 rings (SSSR count). The highest BCUT2D eigenvalue weighted by molar-refractivity contribution is 7.16. The van der Waals surface area contributed by atoms with Crippen molar-refractivity contribution in [3.05, 3.63) is 47.4 Å². The van der Waals surface area contributed by atoms with Crippen LogP contribution in [0.15, 0.2) is 35.8 Å². The van der Waals surface area contributed by atoms with Gasteiger partial charge >= 0.3 is 0 Å². The number of fused-ring (bicyclic) bond motifs is 1. The first-order valence-electron chi connectivity index (χ1n) is 8.35. The summed E-state index contributed by atoms with van der Waals surface area (Å²) in [4.78, 5) is 28.5. The summed E-state index contributed by atoms with van der Waals surface area (Å²) < 4.78 is 0. The Bertz CT molecular complexity index is 895. The molecule has 1 saturated heterocycles. The van der Waals surface area contributed by atoms with Gasteiger partial charge in [-0.3, -0.25) is 9.78 Å². The fourth-order valence-electron chi connectivity index (χ4n) is 3.18. The molecule has 0 unspecified atom stereocenters. The molecule has 1 fully saturated rings. The van der Waals surface area contributed by atoms with E-state index in [9.17, 15) is 4.79 Å². The van der Waals surface area contributed by atoms with Gasteiger partial charge in [0.15, 0.2) is 0 Å². The number of anilines is 1. The number of aromatic nitrogens is 3. The number of carbonyl (C=O) groups excluding carboxylic acids is 1. The second kappa shape index (κ2) is 6.76. The molecule has 3 aromatic heterocycles. The number of rotatable bonds is 5. The zero-order chi connectivity index (χ0) is 17.2. The van der Waals surface area contributed by atoms with Gasteiger partial charge in [-0.05, 0) is 36.9 Å². The van der Waals surface area contributed by atoms with Crippen LogP contribution in [0.25, 0.3) is 10.2 Å². The predicted molar refractivity (Wildman–Crippen MR) is 98.6 cm³/mol. The second-order valence-corrected chi connectivity index (χ2v) is 7.13. The number of carbonyl (C=O) groups is 1. The van der Waals surface area contributed by atoms with Crippen molar-refractivity contribution in [2.24, 2.45) is 0 Å². The zero-order valence-electron chi connectivity index (χ0n) is 14.0. The van der Waals surface area contributed by atoms with E-state index in [0.29, 0.717) is 19.5 Å². The minimum atomic E-state index is 0.127. The third kappa shape index (κ3) is 3.46. The smallest absolute Gasteiger partial charge is 0.220 e. The Hall–Kier alpha value is -2.54. The van der Waals surface area contributed by atoms with Crippen LogP contribution in [0, 0.1) is 6.92 Å². The van der Waals surface area contributed by atoms with Crippen LogP contribution in [0.5, 0.6) is 0 Å². The minimum absolute atomic E-state index is 0.127. The molecule has 3 aromatic rings. The average molecular weight is 353 g/mol. The number of aryl methyl sites for hydroxylation is 1. The first-order valence-corrected chi connectivity index (χ1v) is 9.23. The van der Waals surface area contributed by atoms with Gasteiger partial charge in [0.05, 0.1) is 17.6 Å². The van der Waals surface area contributed by atoms with Gasteiger partial charge in [-0.15, -0.1) is 11.3 Å². The predicted octanol–water partition coefficient (Wildman–Crippen LogP) is 2.68. The maximum atomic E-state index is 11.6. The molecule has 1 aliphatic heterocycles. The number of hydrogen-bond acceptors (Lipinski definition) is 6. The number of amides is 1. The molecule has 1 aliphatic rings. The normalized spacial score (nSPS) is 17.0. The summed E-state index contributed by atoms with van der Waals surface area (Å²) in [5.41, 5.74) is 0.978. The molecule has 6 nitrogen and oxygen atoms in total. The topological polar surface area (TPSA) is 71.0 Å². The third-order valence-corrected chi connectivity index (χ3v) is 5.13. The quantitative estimate of drug-likeness (QED) is 0.764. The molecule has 4 heterocycles. The molecule has 0 saturated carbocycles. The summed E-state index contributed by atoms with van der Waals surface area (Å²) in [6, 6.07) is 8.12. The van der Waals surface area contributed by atoms with Gasteiger partial charge in [0.25, 0.3) is 0 Å². The SMILES string of the molecule is Cc1nc(N(Cc2ccccn2)C[C@@H]2CCC(=O)N2)c2ccsc2n1. The standard InChI is InChI=1S/C18H19N5OS/c1-12-20-17(15-7-9-25-18(15)21-12)23(10-13-4-2-3-8-19-13)11-14-5-6-16(24)22-14/h2-4,7-9,14H,5-6,10-11H2,1H3,(H,22,24)/t14-/m0/s1. The fraction of sp³-hybridized carbons (Fsp3) is 0.333. The van der Waals surface area contributed by atoms with Crippen LogP contribution in [0.3, 0.4) is 0 Å². The van der Waals surface area contributed by atoms with E-state index in [1.54, 1.807) is 17.5 Å². The van der Waals surface area contributed by atoms with E-state index in [0.717, 1.165) is 34.0 Å². The summed E-state index contributed by atoms with van der Waals surface area (Å²) in [7, 11) is 0. The molecular formula is C18H19N5OS. The highest BCUT2D eigenvalue weighted by atomic mass is 32.1. The molecular weight excluding hydrogens is 334 g/mol. The largest absolute Gasteiger partial charge is 0.352 e. The number of nitrogens with one attached hydrogen (secondary N) is 1. The Kier molecular flexibility index (Phi) is 4.31. The van der Waals surface area contributed by atoms with Crippen molar-refractivity contribution in [1.29, 1.82) is 0 Å². The molecule has 1 N–H and O–H groups in total. The van der Waals surface area contributed by atoms with Crippen LogP contribution >= 0.6 is 11.3 Å². The molecule has 1 atom stereocenters. The lowest BCUT2D eigenvalue weighted by Crippen LogP contribution is -2.39. The number of hydrogen-bond donors (Lipinski definition) is 1. The lowest BCUT2D eigenvalue weighted by atomic mass is 10.2. The van der Waals surface area contributed by atoms with E-state index in [1.165, 1.54) is 0 Å². The molecule has 0 bridgehead atoms. The monoisotopic (exact) mass is 353 g/mol. The Morgan fingerprint density at radius 1 is 1.32 bits per heavy atom. The average Bonchev–Trinajstić information content (AvgIpc) is 3.23. The fourth-order valence-corrected chi connectivity index (χ4v) is 3.98. The Labute approximate surface area is 149 Å². The molecule has 0 radical (unpaired) electrons. The Balaban J connectivity index is 1.70. The van der Waals surface area contributed by atoms with E-state index < -0.39 is 0 Å². The van der Waals surface area contributed by atoms with E-state index in [2.05, 4.69) is 26.3 Å². The van der Waals surface area contributed by atoms with E-state index in [1.807, 2.05) is 30.5 Å². The van der Waals surface area contributed by atoms with E-state index >= 15 is 0 Å².